The summed E-state index contributed by atoms with van der Waals surface area (Å²) in [7, 11) is 0. The minimum absolute atomic E-state index is 0.461. The molecular formula is C9H16N4. The lowest BCUT2D eigenvalue weighted by Gasteiger charge is -2.13. The Balaban J connectivity index is 2.23. The van der Waals surface area contributed by atoms with E-state index in [1.54, 1.807) is 6.33 Å². The molecule has 4 heteroatoms. The minimum Gasteiger partial charge on any atom is -0.315 e. The zero-order valence-electron chi connectivity index (χ0n) is 8.20. The van der Waals surface area contributed by atoms with Gasteiger partial charge in [-0.25, -0.2) is 9.67 Å². The lowest BCUT2D eigenvalue weighted by atomic mass is 10.2. The van der Waals surface area contributed by atoms with Crippen molar-refractivity contribution in [2.45, 2.75) is 32.2 Å². The van der Waals surface area contributed by atoms with Crippen LogP contribution in [0.5, 0.6) is 0 Å². The smallest absolute Gasteiger partial charge is 0.138 e. The highest BCUT2D eigenvalue weighted by atomic mass is 15.4. The van der Waals surface area contributed by atoms with E-state index in [0.717, 1.165) is 18.9 Å². The third-order valence-electron chi connectivity index (χ3n) is 2.50. The highest BCUT2D eigenvalue weighted by Gasteiger charge is 2.20. The first-order valence-corrected chi connectivity index (χ1v) is 4.89. The molecule has 13 heavy (non-hydrogen) atoms. The van der Waals surface area contributed by atoms with Crippen molar-refractivity contribution in [1.82, 2.24) is 20.1 Å². The van der Waals surface area contributed by atoms with Crippen LogP contribution in [-0.4, -0.2) is 27.9 Å². The summed E-state index contributed by atoms with van der Waals surface area (Å²) in [6.45, 7) is 6.44. The number of nitrogens with zero attached hydrogens (tertiary/aromatic N) is 3. The van der Waals surface area contributed by atoms with Crippen LogP contribution in [0.1, 0.15) is 38.1 Å². The van der Waals surface area contributed by atoms with Gasteiger partial charge in [-0.05, 0) is 13.0 Å². The molecule has 2 rings (SSSR count). The van der Waals surface area contributed by atoms with Crippen LogP contribution in [-0.2, 0) is 0 Å². The van der Waals surface area contributed by atoms with Gasteiger partial charge >= 0.3 is 0 Å². The average molecular weight is 180 g/mol. The topological polar surface area (TPSA) is 42.7 Å². The first kappa shape index (κ1) is 8.69. The molecular weight excluding hydrogens is 164 g/mol. The van der Waals surface area contributed by atoms with E-state index in [0.29, 0.717) is 12.0 Å². The molecule has 0 aliphatic carbocycles. The van der Waals surface area contributed by atoms with Crippen LogP contribution >= 0.6 is 0 Å². The molecule has 1 atom stereocenters. The molecule has 0 unspecified atom stereocenters. The fraction of sp³-hybridized carbons (Fsp3) is 0.778. The molecule has 1 aromatic heterocycles. The lowest BCUT2D eigenvalue weighted by Crippen LogP contribution is -2.17. The molecule has 0 amide bonds. The Bertz CT molecular complexity index is 273. The molecule has 0 saturated carbocycles. The predicted octanol–water partition coefficient (Wildman–Crippen LogP) is 0.936. The lowest BCUT2D eigenvalue weighted by molar-refractivity contribution is 0.458. The maximum Gasteiger partial charge on any atom is 0.138 e. The molecule has 1 saturated heterocycles. The first-order valence-electron chi connectivity index (χ1n) is 4.89. The number of hydrogen-bond donors (Lipinski definition) is 1. The van der Waals surface area contributed by atoms with Crippen molar-refractivity contribution in [1.29, 1.82) is 0 Å². The molecule has 1 aromatic rings. The SMILES string of the molecule is CC(C)c1ncnn1[C@H]1CCNC1. The van der Waals surface area contributed by atoms with Gasteiger partial charge in [0.2, 0.25) is 0 Å². The van der Waals surface area contributed by atoms with E-state index in [2.05, 4.69) is 33.9 Å². The van der Waals surface area contributed by atoms with Gasteiger partial charge < -0.3 is 5.32 Å². The number of hydrogen-bond acceptors (Lipinski definition) is 3. The molecule has 0 spiro atoms. The van der Waals surface area contributed by atoms with Gasteiger partial charge in [-0.2, -0.15) is 5.10 Å². The molecule has 0 radical (unpaired) electrons. The quantitative estimate of drug-likeness (QED) is 0.736. The number of nitrogens with one attached hydrogen (secondary N) is 1. The van der Waals surface area contributed by atoms with Crippen LogP contribution in [0.25, 0.3) is 0 Å². The maximum absolute atomic E-state index is 4.28. The Kier molecular flexibility index (Phi) is 2.31. The Morgan fingerprint density at radius 2 is 2.46 bits per heavy atom. The van der Waals surface area contributed by atoms with Crippen molar-refractivity contribution in [3.63, 3.8) is 0 Å². The molecule has 4 nitrogen and oxygen atoms in total. The Labute approximate surface area is 78.4 Å². The summed E-state index contributed by atoms with van der Waals surface area (Å²) in [4.78, 5) is 4.28. The van der Waals surface area contributed by atoms with Crippen molar-refractivity contribution in [3.05, 3.63) is 12.2 Å². The van der Waals surface area contributed by atoms with Crippen molar-refractivity contribution in [2.75, 3.05) is 13.1 Å². The van der Waals surface area contributed by atoms with Gasteiger partial charge in [-0.1, -0.05) is 13.8 Å². The summed E-state index contributed by atoms with van der Waals surface area (Å²) in [6.07, 6.45) is 2.83. The molecule has 0 bridgehead atoms. The van der Waals surface area contributed by atoms with E-state index >= 15 is 0 Å². The standard InChI is InChI=1S/C9H16N4/c1-7(2)9-11-6-12-13(9)8-3-4-10-5-8/h6-8,10H,3-5H2,1-2H3/t8-/m0/s1. The van der Waals surface area contributed by atoms with Gasteiger partial charge in [-0.15, -0.1) is 0 Å². The second-order valence-corrected chi connectivity index (χ2v) is 3.86. The van der Waals surface area contributed by atoms with Crippen LogP contribution in [0.3, 0.4) is 0 Å². The highest BCUT2D eigenvalue weighted by Crippen LogP contribution is 2.19. The summed E-state index contributed by atoms with van der Waals surface area (Å²) in [6, 6.07) is 0.514. The number of aromatic nitrogens is 3. The van der Waals surface area contributed by atoms with E-state index < -0.39 is 0 Å². The van der Waals surface area contributed by atoms with Crippen molar-refractivity contribution in [3.8, 4) is 0 Å². The van der Waals surface area contributed by atoms with E-state index in [1.165, 1.54) is 6.42 Å². The Morgan fingerprint density at radius 1 is 1.62 bits per heavy atom. The molecule has 1 aliphatic heterocycles. The summed E-state index contributed by atoms with van der Waals surface area (Å²) >= 11 is 0. The van der Waals surface area contributed by atoms with Crippen LogP contribution in [0.2, 0.25) is 0 Å². The molecule has 72 valence electrons. The van der Waals surface area contributed by atoms with Crippen molar-refractivity contribution in [2.24, 2.45) is 0 Å². The van der Waals surface area contributed by atoms with Gasteiger partial charge in [0.15, 0.2) is 0 Å². The Hall–Kier alpha value is -0.900. The fourth-order valence-electron chi connectivity index (χ4n) is 1.80. The molecule has 2 heterocycles. The third-order valence-corrected chi connectivity index (χ3v) is 2.50. The first-order chi connectivity index (χ1) is 6.29. The zero-order valence-corrected chi connectivity index (χ0v) is 8.20. The molecule has 0 aromatic carbocycles. The van der Waals surface area contributed by atoms with Crippen LogP contribution < -0.4 is 5.32 Å². The van der Waals surface area contributed by atoms with Crippen LogP contribution in [0.15, 0.2) is 6.33 Å². The van der Waals surface area contributed by atoms with Gasteiger partial charge in [-0.3, -0.25) is 0 Å². The van der Waals surface area contributed by atoms with Gasteiger partial charge in [0.1, 0.15) is 12.2 Å². The van der Waals surface area contributed by atoms with Gasteiger partial charge in [0.05, 0.1) is 6.04 Å². The average Bonchev–Trinajstić information content (AvgIpc) is 2.74. The largest absolute Gasteiger partial charge is 0.315 e. The Morgan fingerprint density at radius 3 is 3.08 bits per heavy atom. The van der Waals surface area contributed by atoms with Crippen molar-refractivity contribution >= 4 is 0 Å². The zero-order chi connectivity index (χ0) is 9.26. The van der Waals surface area contributed by atoms with E-state index in [-0.39, 0.29) is 0 Å². The van der Waals surface area contributed by atoms with E-state index in [9.17, 15) is 0 Å². The van der Waals surface area contributed by atoms with Gasteiger partial charge in [0, 0.05) is 12.5 Å². The summed E-state index contributed by atoms with van der Waals surface area (Å²) < 4.78 is 2.07. The van der Waals surface area contributed by atoms with Crippen LogP contribution in [0, 0.1) is 0 Å². The number of rotatable bonds is 2. The fourth-order valence-corrected chi connectivity index (χ4v) is 1.80. The predicted molar refractivity (Wildman–Crippen MR) is 50.6 cm³/mol. The minimum atomic E-state index is 0.461. The summed E-state index contributed by atoms with van der Waals surface area (Å²) in [5.41, 5.74) is 0. The van der Waals surface area contributed by atoms with Gasteiger partial charge in [0.25, 0.3) is 0 Å². The monoisotopic (exact) mass is 180 g/mol. The maximum atomic E-state index is 4.28. The van der Waals surface area contributed by atoms with E-state index in [1.807, 2.05) is 0 Å². The second kappa shape index (κ2) is 3.46. The molecule has 1 aliphatic rings. The normalized spacial score (nSPS) is 22.8. The van der Waals surface area contributed by atoms with Crippen molar-refractivity contribution < 1.29 is 0 Å². The van der Waals surface area contributed by atoms with E-state index in [4.69, 9.17) is 0 Å². The second-order valence-electron chi connectivity index (χ2n) is 3.86. The summed E-state index contributed by atoms with van der Waals surface area (Å²) in [5, 5.41) is 7.62. The highest BCUT2D eigenvalue weighted by molar-refractivity contribution is 4.95. The molecule has 1 fully saturated rings. The molecule has 1 N–H and O–H groups in total. The third kappa shape index (κ3) is 1.58. The summed E-state index contributed by atoms with van der Waals surface area (Å²) in [5.74, 6) is 1.57. The van der Waals surface area contributed by atoms with Crippen LogP contribution in [0.4, 0.5) is 0 Å².